The lowest BCUT2D eigenvalue weighted by Crippen LogP contribution is -2.16. The Morgan fingerprint density at radius 3 is 2.63 bits per heavy atom. The SMILES string of the molecule is CN(C)c1nc(N)nc(COc2cccc(N)c2)n1. The molecule has 0 atom stereocenters. The molecule has 0 saturated heterocycles. The Balaban J connectivity index is 2.11. The fourth-order valence-electron chi connectivity index (χ4n) is 1.44. The van der Waals surface area contributed by atoms with Crippen LogP contribution >= 0.6 is 0 Å². The van der Waals surface area contributed by atoms with E-state index in [1.165, 1.54) is 0 Å². The molecule has 2 aromatic rings. The molecule has 7 heteroatoms. The summed E-state index contributed by atoms with van der Waals surface area (Å²) >= 11 is 0. The van der Waals surface area contributed by atoms with Crippen LogP contribution in [0.1, 0.15) is 5.82 Å². The van der Waals surface area contributed by atoms with E-state index in [2.05, 4.69) is 15.0 Å². The van der Waals surface area contributed by atoms with Gasteiger partial charge in [-0.05, 0) is 12.1 Å². The number of aromatic nitrogens is 3. The number of hydrogen-bond donors (Lipinski definition) is 2. The fourth-order valence-corrected chi connectivity index (χ4v) is 1.44. The summed E-state index contributed by atoms with van der Waals surface area (Å²) in [5.74, 6) is 1.80. The van der Waals surface area contributed by atoms with Crippen LogP contribution < -0.4 is 21.1 Å². The predicted molar refractivity (Wildman–Crippen MR) is 73.8 cm³/mol. The van der Waals surface area contributed by atoms with E-state index < -0.39 is 0 Å². The second-order valence-electron chi connectivity index (χ2n) is 4.17. The third kappa shape index (κ3) is 3.44. The number of benzene rings is 1. The third-order valence-electron chi connectivity index (χ3n) is 2.31. The van der Waals surface area contributed by atoms with Crippen LogP contribution in [0.3, 0.4) is 0 Å². The van der Waals surface area contributed by atoms with Gasteiger partial charge in [0.05, 0.1) is 0 Å². The molecule has 0 radical (unpaired) electrons. The van der Waals surface area contributed by atoms with Crippen LogP contribution in [0.25, 0.3) is 0 Å². The lowest BCUT2D eigenvalue weighted by molar-refractivity contribution is 0.296. The monoisotopic (exact) mass is 260 g/mol. The summed E-state index contributed by atoms with van der Waals surface area (Å²) in [6.45, 7) is 0.205. The molecule has 2 rings (SSSR count). The minimum atomic E-state index is 0.171. The molecule has 100 valence electrons. The Morgan fingerprint density at radius 2 is 1.95 bits per heavy atom. The molecule has 0 saturated carbocycles. The largest absolute Gasteiger partial charge is 0.486 e. The minimum Gasteiger partial charge on any atom is -0.486 e. The van der Waals surface area contributed by atoms with Crippen molar-refractivity contribution < 1.29 is 4.74 Å². The number of nitrogen functional groups attached to an aromatic ring is 2. The number of hydrogen-bond acceptors (Lipinski definition) is 7. The van der Waals surface area contributed by atoms with Gasteiger partial charge >= 0.3 is 0 Å². The third-order valence-corrected chi connectivity index (χ3v) is 2.31. The van der Waals surface area contributed by atoms with Gasteiger partial charge in [-0.25, -0.2) is 0 Å². The molecule has 0 aliphatic carbocycles. The topological polar surface area (TPSA) is 103 Å². The van der Waals surface area contributed by atoms with E-state index >= 15 is 0 Å². The van der Waals surface area contributed by atoms with Crippen LogP contribution in [-0.2, 0) is 6.61 Å². The standard InChI is InChI=1S/C12H16N6O/c1-18(2)12-16-10(15-11(14)17-12)7-19-9-5-3-4-8(13)6-9/h3-6H,7,13H2,1-2H3,(H2,14,15,16,17). The molecule has 0 unspecified atom stereocenters. The molecule has 0 fully saturated rings. The van der Waals surface area contributed by atoms with E-state index in [-0.39, 0.29) is 12.6 Å². The van der Waals surface area contributed by atoms with Gasteiger partial charge in [0.15, 0.2) is 5.82 Å². The Labute approximate surface area is 111 Å². The average Bonchev–Trinajstić information content (AvgIpc) is 2.36. The fraction of sp³-hybridized carbons (Fsp3) is 0.250. The first-order valence-corrected chi connectivity index (χ1v) is 5.70. The highest BCUT2D eigenvalue weighted by Crippen LogP contribution is 2.16. The smallest absolute Gasteiger partial charge is 0.230 e. The summed E-state index contributed by atoms with van der Waals surface area (Å²) in [5, 5.41) is 0. The summed E-state index contributed by atoms with van der Waals surface area (Å²) < 4.78 is 5.56. The quantitative estimate of drug-likeness (QED) is 0.779. The van der Waals surface area contributed by atoms with Crippen molar-refractivity contribution in [3.63, 3.8) is 0 Å². The van der Waals surface area contributed by atoms with Gasteiger partial charge < -0.3 is 21.1 Å². The molecule has 0 aliphatic rings. The van der Waals surface area contributed by atoms with Crippen molar-refractivity contribution in [3.8, 4) is 5.75 Å². The summed E-state index contributed by atoms with van der Waals surface area (Å²) in [5.41, 5.74) is 11.9. The first-order chi connectivity index (χ1) is 9.04. The van der Waals surface area contributed by atoms with E-state index in [1.807, 2.05) is 26.2 Å². The highest BCUT2D eigenvalue weighted by Gasteiger charge is 2.06. The van der Waals surface area contributed by atoms with Gasteiger partial charge in [0.1, 0.15) is 12.4 Å². The zero-order valence-corrected chi connectivity index (χ0v) is 10.9. The summed E-state index contributed by atoms with van der Waals surface area (Å²) in [6, 6.07) is 7.15. The molecule has 0 spiro atoms. The predicted octanol–water partition coefficient (Wildman–Crippen LogP) is 0.681. The van der Waals surface area contributed by atoms with E-state index in [9.17, 15) is 0 Å². The highest BCUT2D eigenvalue weighted by molar-refractivity contribution is 5.43. The first kappa shape index (κ1) is 12.9. The maximum atomic E-state index is 5.67. The van der Waals surface area contributed by atoms with Gasteiger partial charge in [-0.2, -0.15) is 15.0 Å². The van der Waals surface area contributed by atoms with E-state index in [0.29, 0.717) is 23.2 Å². The molecule has 0 bridgehead atoms. The van der Waals surface area contributed by atoms with Gasteiger partial charge in [-0.1, -0.05) is 6.07 Å². The number of nitrogens with two attached hydrogens (primary N) is 2. The number of nitrogens with zero attached hydrogens (tertiary/aromatic N) is 4. The van der Waals surface area contributed by atoms with Crippen LogP contribution in [0.15, 0.2) is 24.3 Å². The Bertz CT molecular complexity index is 572. The minimum absolute atomic E-state index is 0.171. The second-order valence-corrected chi connectivity index (χ2v) is 4.17. The molecule has 0 aliphatic heterocycles. The summed E-state index contributed by atoms with van der Waals surface area (Å²) in [4.78, 5) is 14.0. The molecule has 1 aromatic heterocycles. The molecular formula is C12H16N6O. The number of anilines is 3. The van der Waals surface area contributed by atoms with Crippen LogP contribution in [0.4, 0.5) is 17.6 Å². The lowest BCUT2D eigenvalue weighted by Gasteiger charge is -2.12. The van der Waals surface area contributed by atoms with E-state index in [0.717, 1.165) is 0 Å². The van der Waals surface area contributed by atoms with Gasteiger partial charge in [0, 0.05) is 25.8 Å². The lowest BCUT2D eigenvalue weighted by atomic mass is 10.3. The zero-order chi connectivity index (χ0) is 13.8. The molecular weight excluding hydrogens is 244 g/mol. The molecule has 7 nitrogen and oxygen atoms in total. The molecule has 1 aromatic carbocycles. The van der Waals surface area contributed by atoms with Crippen LogP contribution in [-0.4, -0.2) is 29.0 Å². The maximum absolute atomic E-state index is 5.67. The zero-order valence-electron chi connectivity index (χ0n) is 10.9. The second kappa shape index (κ2) is 5.38. The van der Waals surface area contributed by atoms with Crippen molar-refractivity contribution in [2.75, 3.05) is 30.5 Å². The van der Waals surface area contributed by atoms with E-state index in [1.54, 1.807) is 17.0 Å². The van der Waals surface area contributed by atoms with Crippen molar-refractivity contribution in [2.24, 2.45) is 0 Å². The highest BCUT2D eigenvalue weighted by atomic mass is 16.5. The van der Waals surface area contributed by atoms with E-state index in [4.69, 9.17) is 16.2 Å². The molecule has 1 heterocycles. The Morgan fingerprint density at radius 1 is 1.16 bits per heavy atom. The van der Waals surface area contributed by atoms with Crippen molar-refractivity contribution in [1.29, 1.82) is 0 Å². The van der Waals surface area contributed by atoms with Gasteiger partial charge in [0.25, 0.3) is 0 Å². The summed E-state index contributed by atoms with van der Waals surface area (Å²) in [7, 11) is 3.66. The van der Waals surface area contributed by atoms with Crippen molar-refractivity contribution in [1.82, 2.24) is 15.0 Å². The van der Waals surface area contributed by atoms with Crippen LogP contribution in [0.5, 0.6) is 5.75 Å². The molecule has 4 N–H and O–H groups in total. The van der Waals surface area contributed by atoms with Gasteiger partial charge in [-0.3, -0.25) is 0 Å². The Hall–Kier alpha value is -2.57. The van der Waals surface area contributed by atoms with Crippen LogP contribution in [0, 0.1) is 0 Å². The number of ether oxygens (including phenoxy) is 1. The van der Waals surface area contributed by atoms with Crippen molar-refractivity contribution in [3.05, 3.63) is 30.1 Å². The maximum Gasteiger partial charge on any atom is 0.230 e. The normalized spacial score (nSPS) is 10.2. The summed E-state index contributed by atoms with van der Waals surface area (Å²) in [6.07, 6.45) is 0. The van der Waals surface area contributed by atoms with Crippen LogP contribution in [0.2, 0.25) is 0 Å². The Kier molecular flexibility index (Phi) is 3.65. The molecule has 19 heavy (non-hydrogen) atoms. The van der Waals surface area contributed by atoms with Crippen molar-refractivity contribution in [2.45, 2.75) is 6.61 Å². The first-order valence-electron chi connectivity index (χ1n) is 5.70. The number of rotatable bonds is 4. The van der Waals surface area contributed by atoms with Gasteiger partial charge in [0.2, 0.25) is 11.9 Å². The molecule has 0 amide bonds. The average molecular weight is 260 g/mol. The van der Waals surface area contributed by atoms with Gasteiger partial charge in [-0.15, -0.1) is 0 Å². The van der Waals surface area contributed by atoms with Crippen molar-refractivity contribution >= 4 is 17.6 Å².